The zero-order valence-corrected chi connectivity index (χ0v) is 13.7. The van der Waals surface area contributed by atoms with Crippen LogP contribution >= 0.6 is 68.4 Å². The fraction of sp³-hybridized carbons (Fsp3) is 0.111. The molecule has 0 bridgehead atoms. The standard InChI is InChI=1S/C9H5Cl2I2NO2/c1-2-3(8(10)15)5(12)4(9(11)16)6(13)7(2)14/h14H2,1H3. The molecule has 7 heteroatoms. The van der Waals surface area contributed by atoms with Crippen LogP contribution in [-0.2, 0) is 0 Å². The normalized spacial score (nSPS) is 10.3. The molecule has 16 heavy (non-hydrogen) atoms. The Morgan fingerprint density at radius 2 is 1.50 bits per heavy atom. The highest BCUT2D eigenvalue weighted by molar-refractivity contribution is 14.1. The Morgan fingerprint density at radius 1 is 1.06 bits per heavy atom. The van der Waals surface area contributed by atoms with Crippen molar-refractivity contribution in [3.8, 4) is 0 Å². The summed E-state index contributed by atoms with van der Waals surface area (Å²) in [5.41, 5.74) is 7.19. The van der Waals surface area contributed by atoms with Gasteiger partial charge in [0.15, 0.2) is 0 Å². The topological polar surface area (TPSA) is 60.2 Å². The van der Waals surface area contributed by atoms with Crippen LogP contribution in [0.25, 0.3) is 0 Å². The van der Waals surface area contributed by atoms with Gasteiger partial charge in [0.05, 0.1) is 11.1 Å². The van der Waals surface area contributed by atoms with E-state index in [0.717, 1.165) is 0 Å². The second kappa shape index (κ2) is 5.36. The number of benzene rings is 1. The summed E-state index contributed by atoms with van der Waals surface area (Å²) < 4.78 is 0.981. The Hall–Kier alpha value is 0.400. The Bertz CT molecular complexity index is 462. The fourth-order valence-corrected chi connectivity index (χ4v) is 4.73. The second-order valence-electron chi connectivity index (χ2n) is 2.96. The lowest BCUT2D eigenvalue weighted by atomic mass is 10.0. The number of rotatable bonds is 2. The zero-order valence-electron chi connectivity index (χ0n) is 7.91. The molecule has 0 atom stereocenters. The van der Waals surface area contributed by atoms with Crippen molar-refractivity contribution in [3.05, 3.63) is 23.8 Å². The minimum absolute atomic E-state index is 0.231. The summed E-state index contributed by atoms with van der Waals surface area (Å²) in [6.45, 7) is 1.68. The molecule has 1 rings (SSSR count). The van der Waals surface area contributed by atoms with Crippen LogP contribution < -0.4 is 5.73 Å². The van der Waals surface area contributed by atoms with Gasteiger partial charge in [0.25, 0.3) is 10.5 Å². The van der Waals surface area contributed by atoms with E-state index in [-0.39, 0.29) is 11.1 Å². The van der Waals surface area contributed by atoms with Crippen LogP contribution in [-0.4, -0.2) is 10.5 Å². The van der Waals surface area contributed by atoms with Gasteiger partial charge >= 0.3 is 0 Å². The summed E-state index contributed by atoms with van der Waals surface area (Å²) in [5, 5.41) is -1.30. The molecule has 1 aromatic rings. The molecule has 0 spiro atoms. The molecule has 0 aliphatic rings. The van der Waals surface area contributed by atoms with Gasteiger partial charge in [0, 0.05) is 12.8 Å². The first-order valence-corrected chi connectivity index (χ1v) is 6.87. The molecule has 0 heterocycles. The highest BCUT2D eigenvalue weighted by atomic mass is 127. The third kappa shape index (κ3) is 2.46. The SMILES string of the molecule is Cc1c(N)c(I)c(C(=O)Cl)c(I)c1C(=O)Cl. The average molecular weight is 484 g/mol. The van der Waals surface area contributed by atoms with Crippen molar-refractivity contribution in [2.75, 3.05) is 5.73 Å². The lowest BCUT2D eigenvalue weighted by Gasteiger charge is -2.13. The first kappa shape index (κ1) is 14.5. The molecule has 0 radical (unpaired) electrons. The van der Waals surface area contributed by atoms with Gasteiger partial charge in [-0.3, -0.25) is 9.59 Å². The van der Waals surface area contributed by atoms with E-state index in [1.807, 2.05) is 45.2 Å². The molecule has 0 fully saturated rings. The van der Waals surface area contributed by atoms with Gasteiger partial charge in [-0.1, -0.05) is 0 Å². The van der Waals surface area contributed by atoms with Crippen molar-refractivity contribution in [2.24, 2.45) is 0 Å². The van der Waals surface area contributed by atoms with Crippen molar-refractivity contribution in [2.45, 2.75) is 6.92 Å². The number of hydrogen-bond acceptors (Lipinski definition) is 3. The zero-order chi connectivity index (χ0) is 12.6. The molecule has 2 N–H and O–H groups in total. The minimum atomic E-state index is -0.653. The molecule has 3 nitrogen and oxygen atoms in total. The first-order valence-electron chi connectivity index (χ1n) is 3.95. The molecule has 0 aliphatic carbocycles. The van der Waals surface area contributed by atoms with Crippen molar-refractivity contribution >= 4 is 84.6 Å². The molecular weight excluding hydrogens is 479 g/mol. The van der Waals surface area contributed by atoms with Crippen LogP contribution in [0.2, 0.25) is 0 Å². The molecule has 0 aromatic heterocycles. The van der Waals surface area contributed by atoms with E-state index in [0.29, 0.717) is 18.4 Å². The van der Waals surface area contributed by atoms with Crippen LogP contribution in [0.3, 0.4) is 0 Å². The number of hydrogen-bond donors (Lipinski definition) is 1. The van der Waals surface area contributed by atoms with Crippen LogP contribution in [0.15, 0.2) is 0 Å². The minimum Gasteiger partial charge on any atom is -0.398 e. The van der Waals surface area contributed by atoms with Crippen LogP contribution in [0.4, 0.5) is 5.69 Å². The van der Waals surface area contributed by atoms with Gasteiger partial charge in [-0.05, 0) is 80.9 Å². The van der Waals surface area contributed by atoms with E-state index in [9.17, 15) is 9.59 Å². The van der Waals surface area contributed by atoms with Crippen LogP contribution in [0.5, 0.6) is 0 Å². The monoisotopic (exact) mass is 483 g/mol. The number of nitrogen functional groups attached to an aromatic ring is 1. The number of halogens is 4. The van der Waals surface area contributed by atoms with Crippen molar-refractivity contribution in [3.63, 3.8) is 0 Å². The Kier molecular flexibility index (Phi) is 4.85. The molecule has 0 saturated heterocycles. The summed E-state index contributed by atoms with van der Waals surface area (Å²) in [5.74, 6) is 0. The number of carbonyl (C=O) groups excluding carboxylic acids is 2. The molecule has 0 aliphatic heterocycles. The van der Waals surface area contributed by atoms with Crippen molar-refractivity contribution in [1.29, 1.82) is 0 Å². The predicted octanol–water partition coefficient (Wildman–Crippen LogP) is 3.54. The second-order valence-corrected chi connectivity index (χ2v) is 5.81. The highest BCUT2D eigenvalue weighted by Gasteiger charge is 2.24. The van der Waals surface area contributed by atoms with Gasteiger partial charge in [0.1, 0.15) is 0 Å². The Labute approximate surface area is 129 Å². The van der Waals surface area contributed by atoms with Crippen molar-refractivity contribution < 1.29 is 9.59 Å². The predicted molar refractivity (Wildman–Crippen MR) is 81.4 cm³/mol. The van der Waals surface area contributed by atoms with Gasteiger partial charge in [-0.15, -0.1) is 0 Å². The maximum Gasteiger partial charge on any atom is 0.254 e. The van der Waals surface area contributed by atoms with Gasteiger partial charge in [-0.2, -0.15) is 0 Å². The summed E-state index contributed by atoms with van der Waals surface area (Å²) in [7, 11) is 0. The highest BCUT2D eigenvalue weighted by Crippen LogP contribution is 2.33. The number of anilines is 1. The Balaban J connectivity index is 3.80. The largest absolute Gasteiger partial charge is 0.398 e. The summed E-state index contributed by atoms with van der Waals surface area (Å²) in [6, 6.07) is 0. The smallest absolute Gasteiger partial charge is 0.254 e. The summed E-state index contributed by atoms with van der Waals surface area (Å²) >= 11 is 14.7. The van der Waals surface area contributed by atoms with E-state index in [1.54, 1.807) is 6.92 Å². The lowest BCUT2D eigenvalue weighted by molar-refractivity contribution is 0.107. The van der Waals surface area contributed by atoms with E-state index >= 15 is 0 Å². The third-order valence-electron chi connectivity index (χ3n) is 2.07. The average Bonchev–Trinajstić information content (AvgIpc) is 2.13. The van der Waals surface area contributed by atoms with Gasteiger partial charge < -0.3 is 5.73 Å². The van der Waals surface area contributed by atoms with Crippen LogP contribution in [0, 0.1) is 14.1 Å². The number of carbonyl (C=O) groups is 2. The third-order valence-corrected chi connectivity index (χ3v) is 4.64. The first-order chi connectivity index (χ1) is 7.29. The fourth-order valence-electron chi connectivity index (χ4n) is 1.23. The van der Waals surface area contributed by atoms with Crippen LogP contribution in [0.1, 0.15) is 26.3 Å². The van der Waals surface area contributed by atoms with Gasteiger partial charge in [-0.25, -0.2) is 0 Å². The maximum atomic E-state index is 11.3. The quantitative estimate of drug-likeness (QED) is 0.398. The molecule has 0 unspecified atom stereocenters. The van der Waals surface area contributed by atoms with E-state index < -0.39 is 10.5 Å². The molecular formula is C9H5Cl2I2NO2. The Morgan fingerprint density at radius 3 is 1.88 bits per heavy atom. The summed E-state index contributed by atoms with van der Waals surface area (Å²) in [6.07, 6.45) is 0. The number of nitrogens with two attached hydrogens (primary N) is 1. The lowest BCUT2D eigenvalue weighted by Crippen LogP contribution is -2.11. The van der Waals surface area contributed by atoms with Crippen molar-refractivity contribution in [1.82, 2.24) is 0 Å². The maximum absolute atomic E-state index is 11.3. The molecule has 0 amide bonds. The molecule has 86 valence electrons. The van der Waals surface area contributed by atoms with E-state index in [4.69, 9.17) is 28.9 Å². The van der Waals surface area contributed by atoms with E-state index in [2.05, 4.69) is 0 Å². The van der Waals surface area contributed by atoms with E-state index in [1.165, 1.54) is 0 Å². The van der Waals surface area contributed by atoms with Gasteiger partial charge in [0.2, 0.25) is 0 Å². The molecule has 0 saturated carbocycles. The summed E-state index contributed by atoms with van der Waals surface area (Å²) in [4.78, 5) is 22.5. The molecule has 1 aromatic carbocycles.